The molecule has 0 bridgehead atoms. The van der Waals surface area contributed by atoms with Crippen LogP contribution in [0.3, 0.4) is 0 Å². The minimum Gasteiger partial charge on any atom is -0.293 e. The van der Waals surface area contributed by atoms with Gasteiger partial charge in [0.25, 0.3) is 5.91 Å². The molecule has 0 aliphatic carbocycles. The summed E-state index contributed by atoms with van der Waals surface area (Å²) in [6.07, 6.45) is 0.725. The fourth-order valence-corrected chi connectivity index (χ4v) is 4.57. The number of carbonyl (C=O) groups excluding carboxylic acids is 1. The molecule has 1 heterocycles. The standard InChI is InChI=1S/C29H33N3O/c1-20-11-13-22(3)25(15-20)27-17-28(26-16-21(2)12-14-23(26)4)32(30-27)29(33)19-31(5)18-24-9-7-6-8-10-24/h6-16,28H,17-19H2,1-5H3/t28-/m0/s1. The SMILES string of the molecule is Cc1ccc(C)c(C2=NN(C(=O)CN(C)Cc3ccccc3)[C@H](c3cc(C)ccc3C)C2)c1. The zero-order chi connectivity index (χ0) is 23.5. The fraction of sp³-hybridized carbons (Fsp3) is 0.310. The van der Waals surface area contributed by atoms with E-state index in [1.807, 2.05) is 25.2 Å². The van der Waals surface area contributed by atoms with Crippen molar-refractivity contribution in [2.24, 2.45) is 5.10 Å². The van der Waals surface area contributed by atoms with E-state index in [-0.39, 0.29) is 11.9 Å². The first kappa shape index (κ1) is 22.9. The summed E-state index contributed by atoms with van der Waals surface area (Å²) < 4.78 is 0. The monoisotopic (exact) mass is 439 g/mol. The van der Waals surface area contributed by atoms with Gasteiger partial charge in [0.1, 0.15) is 0 Å². The molecule has 0 spiro atoms. The Morgan fingerprint density at radius 3 is 2.33 bits per heavy atom. The van der Waals surface area contributed by atoms with Gasteiger partial charge in [-0.3, -0.25) is 9.69 Å². The Morgan fingerprint density at radius 1 is 0.939 bits per heavy atom. The Balaban J connectivity index is 1.64. The maximum absolute atomic E-state index is 13.5. The highest BCUT2D eigenvalue weighted by molar-refractivity contribution is 6.04. The average molecular weight is 440 g/mol. The molecule has 3 aromatic rings. The van der Waals surface area contributed by atoms with Crippen molar-refractivity contribution in [2.75, 3.05) is 13.6 Å². The first-order valence-electron chi connectivity index (χ1n) is 11.6. The van der Waals surface area contributed by atoms with Gasteiger partial charge < -0.3 is 0 Å². The van der Waals surface area contributed by atoms with Crippen LogP contribution in [0.5, 0.6) is 0 Å². The molecule has 3 aromatic carbocycles. The highest BCUT2D eigenvalue weighted by Gasteiger charge is 2.34. The molecule has 0 N–H and O–H groups in total. The van der Waals surface area contributed by atoms with Crippen LogP contribution in [-0.4, -0.2) is 35.1 Å². The zero-order valence-corrected chi connectivity index (χ0v) is 20.3. The second kappa shape index (κ2) is 9.72. The molecule has 0 fully saturated rings. The van der Waals surface area contributed by atoms with Crippen molar-refractivity contribution in [2.45, 2.75) is 46.7 Å². The van der Waals surface area contributed by atoms with Gasteiger partial charge in [-0.1, -0.05) is 71.8 Å². The highest BCUT2D eigenvalue weighted by atomic mass is 16.2. The molecular formula is C29H33N3O. The number of likely N-dealkylation sites (N-methyl/N-ethyl adjacent to an activating group) is 1. The van der Waals surface area contributed by atoms with Crippen molar-refractivity contribution in [3.63, 3.8) is 0 Å². The second-order valence-corrected chi connectivity index (χ2v) is 9.34. The van der Waals surface area contributed by atoms with E-state index in [0.29, 0.717) is 6.54 Å². The lowest BCUT2D eigenvalue weighted by atomic mass is 9.92. The molecule has 0 radical (unpaired) electrons. The summed E-state index contributed by atoms with van der Waals surface area (Å²) in [6, 6.07) is 23.1. The molecule has 0 saturated carbocycles. The van der Waals surface area contributed by atoms with Crippen LogP contribution in [0.15, 0.2) is 71.8 Å². The minimum atomic E-state index is -0.0857. The Bertz CT molecular complexity index is 1180. The molecular weight excluding hydrogens is 406 g/mol. The number of rotatable bonds is 6. The predicted octanol–water partition coefficient (Wildman–Crippen LogP) is 5.73. The Labute approximate surface area is 197 Å². The van der Waals surface area contributed by atoms with Gasteiger partial charge >= 0.3 is 0 Å². The lowest BCUT2D eigenvalue weighted by molar-refractivity contribution is -0.134. The molecule has 4 nitrogen and oxygen atoms in total. The third-order valence-corrected chi connectivity index (χ3v) is 6.36. The molecule has 0 unspecified atom stereocenters. The van der Waals surface area contributed by atoms with Crippen molar-refractivity contribution >= 4 is 11.6 Å². The van der Waals surface area contributed by atoms with Gasteiger partial charge in [-0.05, 0) is 63.1 Å². The van der Waals surface area contributed by atoms with E-state index in [1.165, 1.54) is 33.4 Å². The van der Waals surface area contributed by atoms with Crippen LogP contribution in [0.4, 0.5) is 0 Å². The van der Waals surface area contributed by atoms with Crippen LogP contribution in [0, 0.1) is 27.7 Å². The topological polar surface area (TPSA) is 35.9 Å². The molecule has 0 aromatic heterocycles. The Morgan fingerprint density at radius 2 is 1.61 bits per heavy atom. The van der Waals surface area contributed by atoms with Gasteiger partial charge in [0.05, 0.1) is 18.3 Å². The van der Waals surface area contributed by atoms with Gasteiger partial charge in [0.15, 0.2) is 0 Å². The molecule has 4 heteroatoms. The lowest BCUT2D eigenvalue weighted by Gasteiger charge is -2.26. The number of hydrogen-bond donors (Lipinski definition) is 0. The van der Waals surface area contributed by atoms with Crippen LogP contribution in [0.25, 0.3) is 0 Å². The van der Waals surface area contributed by atoms with Crippen LogP contribution in [-0.2, 0) is 11.3 Å². The second-order valence-electron chi connectivity index (χ2n) is 9.34. The third kappa shape index (κ3) is 5.23. The summed E-state index contributed by atoms with van der Waals surface area (Å²) in [5.41, 5.74) is 9.28. The van der Waals surface area contributed by atoms with Crippen molar-refractivity contribution < 1.29 is 4.79 Å². The molecule has 170 valence electrons. The normalized spacial score (nSPS) is 15.8. The van der Waals surface area contributed by atoms with Crippen LogP contribution in [0.2, 0.25) is 0 Å². The van der Waals surface area contributed by atoms with E-state index < -0.39 is 0 Å². The number of hydrogen-bond acceptors (Lipinski definition) is 3. The zero-order valence-electron chi connectivity index (χ0n) is 20.3. The predicted molar refractivity (Wildman–Crippen MR) is 135 cm³/mol. The van der Waals surface area contributed by atoms with Gasteiger partial charge in [-0.15, -0.1) is 0 Å². The Kier molecular flexibility index (Phi) is 6.75. The molecule has 1 aliphatic heterocycles. The smallest absolute Gasteiger partial charge is 0.257 e. The Hall–Kier alpha value is -3.24. The summed E-state index contributed by atoms with van der Waals surface area (Å²) in [6.45, 7) is 9.48. The number of benzene rings is 3. The van der Waals surface area contributed by atoms with Gasteiger partial charge in [-0.25, -0.2) is 5.01 Å². The van der Waals surface area contributed by atoms with Crippen LogP contribution in [0.1, 0.15) is 51.4 Å². The highest BCUT2D eigenvalue weighted by Crippen LogP contribution is 2.35. The van der Waals surface area contributed by atoms with Crippen molar-refractivity contribution in [3.8, 4) is 0 Å². The average Bonchev–Trinajstić information content (AvgIpc) is 3.23. The van der Waals surface area contributed by atoms with Gasteiger partial charge in [0.2, 0.25) is 0 Å². The van der Waals surface area contributed by atoms with Crippen molar-refractivity contribution in [3.05, 3.63) is 106 Å². The first-order valence-corrected chi connectivity index (χ1v) is 11.6. The fourth-order valence-electron chi connectivity index (χ4n) is 4.57. The van der Waals surface area contributed by atoms with E-state index in [2.05, 4.69) is 81.1 Å². The molecule has 4 rings (SSSR count). The minimum absolute atomic E-state index is 0.0274. The van der Waals surface area contributed by atoms with Gasteiger partial charge in [-0.2, -0.15) is 5.10 Å². The number of aryl methyl sites for hydroxylation is 4. The largest absolute Gasteiger partial charge is 0.293 e. The van der Waals surface area contributed by atoms with Crippen LogP contribution < -0.4 is 0 Å². The quantitative estimate of drug-likeness (QED) is 0.492. The van der Waals surface area contributed by atoms with E-state index in [0.717, 1.165) is 24.2 Å². The van der Waals surface area contributed by atoms with E-state index >= 15 is 0 Å². The lowest BCUT2D eigenvalue weighted by Crippen LogP contribution is -2.36. The summed E-state index contributed by atoms with van der Waals surface area (Å²) in [5.74, 6) is 0.0274. The molecule has 1 amide bonds. The van der Waals surface area contributed by atoms with Crippen molar-refractivity contribution in [1.82, 2.24) is 9.91 Å². The van der Waals surface area contributed by atoms with Crippen molar-refractivity contribution in [1.29, 1.82) is 0 Å². The molecule has 1 aliphatic rings. The van der Waals surface area contributed by atoms with E-state index in [9.17, 15) is 4.79 Å². The molecule has 1 atom stereocenters. The van der Waals surface area contributed by atoms with Crippen LogP contribution >= 0.6 is 0 Å². The molecule has 0 saturated heterocycles. The van der Waals surface area contributed by atoms with E-state index in [4.69, 9.17) is 5.10 Å². The van der Waals surface area contributed by atoms with Gasteiger partial charge in [0, 0.05) is 18.5 Å². The summed E-state index contributed by atoms with van der Waals surface area (Å²) >= 11 is 0. The summed E-state index contributed by atoms with van der Waals surface area (Å²) in [5, 5.41) is 6.66. The number of hydrazone groups is 1. The maximum Gasteiger partial charge on any atom is 0.257 e. The number of nitrogens with zero attached hydrogens (tertiary/aromatic N) is 3. The third-order valence-electron chi connectivity index (χ3n) is 6.36. The summed E-state index contributed by atoms with van der Waals surface area (Å²) in [4.78, 5) is 15.6. The maximum atomic E-state index is 13.5. The number of carbonyl (C=O) groups is 1. The summed E-state index contributed by atoms with van der Waals surface area (Å²) in [7, 11) is 1.99. The van der Waals surface area contributed by atoms with E-state index in [1.54, 1.807) is 5.01 Å². The number of amides is 1. The molecule has 33 heavy (non-hydrogen) atoms. The first-order chi connectivity index (χ1) is 15.8.